The molecule has 0 aromatic heterocycles. The summed E-state index contributed by atoms with van der Waals surface area (Å²) < 4.78 is 4.83. The fourth-order valence-corrected chi connectivity index (χ4v) is 3.41. The molecule has 1 aliphatic carbocycles. The highest BCUT2D eigenvalue weighted by Crippen LogP contribution is 2.35. The summed E-state index contributed by atoms with van der Waals surface area (Å²) in [5.41, 5.74) is 5.72. The van der Waals surface area contributed by atoms with E-state index in [2.05, 4.69) is 0 Å². The molecule has 0 bridgehead atoms. The van der Waals surface area contributed by atoms with Gasteiger partial charge in [0.1, 0.15) is 0 Å². The van der Waals surface area contributed by atoms with E-state index in [4.69, 9.17) is 10.5 Å². The van der Waals surface area contributed by atoms with Crippen molar-refractivity contribution in [1.82, 2.24) is 4.90 Å². The van der Waals surface area contributed by atoms with Crippen molar-refractivity contribution in [3.05, 3.63) is 0 Å². The van der Waals surface area contributed by atoms with Crippen LogP contribution in [0.2, 0.25) is 0 Å². The molecule has 1 amide bonds. The minimum absolute atomic E-state index is 0.256. The summed E-state index contributed by atoms with van der Waals surface area (Å²) in [5.74, 6) is -0.265. The van der Waals surface area contributed by atoms with Crippen molar-refractivity contribution in [3.8, 4) is 0 Å². The number of carbonyl (C=O) groups excluding carboxylic acids is 2. The second-order valence-electron chi connectivity index (χ2n) is 5.52. The Morgan fingerprint density at radius 3 is 2.58 bits per heavy atom. The number of esters is 1. The zero-order chi connectivity index (χ0) is 13.8. The van der Waals surface area contributed by atoms with Gasteiger partial charge in [0.05, 0.1) is 6.61 Å². The van der Waals surface area contributed by atoms with Crippen LogP contribution >= 0.6 is 0 Å². The number of nitrogens with zero attached hydrogens (tertiary/aromatic N) is 1. The molecule has 2 rings (SSSR count). The number of hydrogen-bond acceptors (Lipinski definition) is 4. The van der Waals surface area contributed by atoms with Crippen molar-refractivity contribution < 1.29 is 14.3 Å². The average Bonchev–Trinajstić information content (AvgIpc) is 3.06. The van der Waals surface area contributed by atoms with E-state index < -0.39 is 12.0 Å². The van der Waals surface area contributed by atoms with Gasteiger partial charge in [-0.1, -0.05) is 12.8 Å². The second kappa shape index (κ2) is 6.37. The third kappa shape index (κ3) is 3.08. The van der Waals surface area contributed by atoms with E-state index in [0.29, 0.717) is 5.92 Å². The zero-order valence-corrected chi connectivity index (χ0v) is 11.6. The minimum atomic E-state index is -1.15. The van der Waals surface area contributed by atoms with Gasteiger partial charge in [0.2, 0.25) is 0 Å². The maximum absolute atomic E-state index is 12.3. The maximum atomic E-state index is 12.3. The number of ether oxygens (including phenoxy) is 1. The Morgan fingerprint density at radius 1 is 1.26 bits per heavy atom. The molecule has 2 N–H and O–H groups in total. The second-order valence-corrected chi connectivity index (χ2v) is 5.52. The Kier molecular flexibility index (Phi) is 4.80. The van der Waals surface area contributed by atoms with Gasteiger partial charge in [-0.25, -0.2) is 4.79 Å². The summed E-state index contributed by atoms with van der Waals surface area (Å²) in [6.45, 7) is 2.70. The van der Waals surface area contributed by atoms with Crippen LogP contribution in [0.25, 0.3) is 0 Å². The first kappa shape index (κ1) is 14.3. The van der Waals surface area contributed by atoms with E-state index in [0.717, 1.165) is 19.4 Å². The molecule has 19 heavy (non-hydrogen) atoms. The molecule has 0 radical (unpaired) electrons. The molecule has 5 heteroatoms. The van der Waals surface area contributed by atoms with Crippen molar-refractivity contribution >= 4 is 11.9 Å². The number of hydrogen-bond donors (Lipinski definition) is 1. The lowest BCUT2D eigenvalue weighted by Gasteiger charge is -2.30. The predicted octanol–water partition coefficient (Wildman–Crippen LogP) is 1.06. The minimum Gasteiger partial charge on any atom is -0.464 e. The van der Waals surface area contributed by atoms with Crippen LogP contribution in [-0.4, -0.2) is 42.0 Å². The fraction of sp³-hybridized carbons (Fsp3) is 0.857. The van der Waals surface area contributed by atoms with Gasteiger partial charge < -0.3 is 15.4 Å². The van der Waals surface area contributed by atoms with E-state index in [9.17, 15) is 9.59 Å². The van der Waals surface area contributed by atoms with Crippen molar-refractivity contribution in [2.75, 3.05) is 13.2 Å². The predicted molar refractivity (Wildman–Crippen MR) is 71.3 cm³/mol. The molecule has 0 spiro atoms. The van der Waals surface area contributed by atoms with Crippen molar-refractivity contribution in [3.63, 3.8) is 0 Å². The quantitative estimate of drug-likeness (QED) is 0.611. The normalized spacial score (nSPS) is 25.6. The zero-order valence-electron chi connectivity index (χ0n) is 11.6. The van der Waals surface area contributed by atoms with Crippen LogP contribution in [0.3, 0.4) is 0 Å². The van der Waals surface area contributed by atoms with Gasteiger partial charge in [-0.05, 0) is 38.5 Å². The molecule has 1 heterocycles. The molecule has 1 aliphatic heterocycles. The maximum Gasteiger partial charge on any atom is 0.332 e. The largest absolute Gasteiger partial charge is 0.464 e. The SMILES string of the molecule is CCOC(=O)C(N)C(=O)N1CCCC1C1CCCC1. The van der Waals surface area contributed by atoms with Crippen LogP contribution < -0.4 is 5.73 Å². The van der Waals surface area contributed by atoms with Crippen molar-refractivity contribution in [2.45, 2.75) is 57.5 Å². The highest BCUT2D eigenvalue weighted by atomic mass is 16.5. The third-order valence-corrected chi connectivity index (χ3v) is 4.33. The van der Waals surface area contributed by atoms with E-state index in [1.165, 1.54) is 25.7 Å². The molecule has 108 valence electrons. The smallest absolute Gasteiger partial charge is 0.332 e. The van der Waals surface area contributed by atoms with Crippen LogP contribution in [0.5, 0.6) is 0 Å². The van der Waals surface area contributed by atoms with Gasteiger partial charge in [-0.15, -0.1) is 0 Å². The monoisotopic (exact) mass is 268 g/mol. The molecule has 1 saturated carbocycles. The lowest BCUT2D eigenvalue weighted by atomic mass is 9.95. The summed E-state index contributed by atoms with van der Waals surface area (Å²) in [5, 5.41) is 0. The molecule has 2 unspecified atom stereocenters. The van der Waals surface area contributed by atoms with Gasteiger partial charge in [-0.2, -0.15) is 0 Å². The van der Waals surface area contributed by atoms with Crippen LogP contribution in [0.4, 0.5) is 0 Å². The average molecular weight is 268 g/mol. The standard InChI is InChI=1S/C14H24N2O3/c1-2-19-14(18)12(15)13(17)16-9-5-8-11(16)10-6-3-4-7-10/h10-12H,2-9,15H2,1H3. The first-order valence-electron chi connectivity index (χ1n) is 7.37. The van der Waals surface area contributed by atoms with E-state index in [1.54, 1.807) is 6.92 Å². The number of carbonyl (C=O) groups is 2. The van der Waals surface area contributed by atoms with Gasteiger partial charge in [0.25, 0.3) is 5.91 Å². The van der Waals surface area contributed by atoms with E-state index >= 15 is 0 Å². The highest BCUT2D eigenvalue weighted by molar-refractivity contribution is 6.01. The van der Waals surface area contributed by atoms with Crippen LogP contribution in [0.15, 0.2) is 0 Å². The summed E-state index contributed by atoms with van der Waals surface area (Å²) in [4.78, 5) is 25.7. The van der Waals surface area contributed by atoms with Gasteiger partial charge >= 0.3 is 5.97 Å². The Balaban J connectivity index is 1.98. The Bertz CT molecular complexity index is 340. The molecular weight excluding hydrogens is 244 g/mol. The molecule has 2 fully saturated rings. The number of amides is 1. The third-order valence-electron chi connectivity index (χ3n) is 4.33. The Hall–Kier alpha value is -1.10. The molecule has 1 saturated heterocycles. The van der Waals surface area contributed by atoms with Crippen molar-refractivity contribution in [2.24, 2.45) is 11.7 Å². The topological polar surface area (TPSA) is 72.6 Å². The first-order chi connectivity index (χ1) is 9.15. The van der Waals surface area contributed by atoms with Gasteiger partial charge in [0.15, 0.2) is 6.04 Å². The summed E-state index contributed by atoms with van der Waals surface area (Å²) >= 11 is 0. The van der Waals surface area contributed by atoms with Crippen LogP contribution in [0, 0.1) is 5.92 Å². The number of rotatable bonds is 4. The molecular formula is C14H24N2O3. The van der Waals surface area contributed by atoms with Crippen LogP contribution in [-0.2, 0) is 14.3 Å². The lowest BCUT2D eigenvalue weighted by molar-refractivity contribution is -0.151. The molecule has 2 aliphatic rings. The summed E-state index contributed by atoms with van der Waals surface area (Å²) in [7, 11) is 0. The Labute approximate surface area is 114 Å². The molecule has 5 nitrogen and oxygen atoms in total. The van der Waals surface area contributed by atoms with Gasteiger partial charge in [0, 0.05) is 12.6 Å². The number of likely N-dealkylation sites (tertiary alicyclic amines) is 1. The van der Waals surface area contributed by atoms with Crippen LogP contribution in [0.1, 0.15) is 45.4 Å². The summed E-state index contributed by atoms with van der Waals surface area (Å²) in [6, 6.07) is -0.863. The summed E-state index contributed by atoms with van der Waals surface area (Å²) in [6.07, 6.45) is 6.97. The van der Waals surface area contributed by atoms with Gasteiger partial charge in [-0.3, -0.25) is 4.79 Å². The molecule has 0 aromatic rings. The molecule has 2 atom stereocenters. The highest BCUT2D eigenvalue weighted by Gasteiger charge is 2.39. The van der Waals surface area contributed by atoms with E-state index in [1.807, 2.05) is 4.90 Å². The fourth-order valence-electron chi connectivity index (χ4n) is 3.41. The first-order valence-corrected chi connectivity index (χ1v) is 7.37. The van der Waals surface area contributed by atoms with E-state index in [-0.39, 0.29) is 18.6 Å². The van der Waals surface area contributed by atoms with Crippen molar-refractivity contribution in [1.29, 1.82) is 0 Å². The number of nitrogens with two attached hydrogens (primary N) is 1. The lowest BCUT2D eigenvalue weighted by Crippen LogP contribution is -2.51. The Morgan fingerprint density at radius 2 is 1.95 bits per heavy atom. The molecule has 0 aromatic carbocycles.